The van der Waals surface area contributed by atoms with Gasteiger partial charge in [-0.15, -0.1) is 0 Å². The Bertz CT molecular complexity index is 488. The molecule has 0 spiro atoms. The lowest BCUT2D eigenvalue weighted by Gasteiger charge is -2.23. The van der Waals surface area contributed by atoms with Crippen molar-refractivity contribution in [2.75, 3.05) is 0 Å². The van der Waals surface area contributed by atoms with Crippen molar-refractivity contribution in [3.05, 3.63) is 24.2 Å². The molecular weight excluding hydrogens is 306 g/mol. The number of Topliss-reactive ketones (excluding diaryl/α,β-unsaturated/α-hetero) is 1. The molecular formula is C19H31NO4. The van der Waals surface area contributed by atoms with E-state index >= 15 is 0 Å². The first-order chi connectivity index (χ1) is 11.3. The maximum absolute atomic E-state index is 12.4. The van der Waals surface area contributed by atoms with E-state index in [0.29, 0.717) is 12.8 Å². The number of amides is 1. The van der Waals surface area contributed by atoms with Crippen LogP contribution in [0.5, 0.6) is 0 Å². The van der Waals surface area contributed by atoms with Gasteiger partial charge >= 0.3 is 6.09 Å². The molecule has 0 saturated heterocycles. The molecule has 0 fully saturated rings. The monoisotopic (exact) mass is 337 g/mol. The summed E-state index contributed by atoms with van der Waals surface area (Å²) >= 11 is 0. The fourth-order valence-electron chi connectivity index (χ4n) is 2.40. The first-order valence-corrected chi connectivity index (χ1v) is 8.86. The summed E-state index contributed by atoms with van der Waals surface area (Å²) in [6, 6.07) is 3.35. The number of alkyl carbamates (subject to hydrolysis) is 1. The molecule has 1 aromatic heterocycles. The smallest absolute Gasteiger partial charge is 0.408 e. The van der Waals surface area contributed by atoms with E-state index in [1.807, 2.05) is 32.9 Å². The summed E-state index contributed by atoms with van der Waals surface area (Å²) in [5.74, 6) is 1.02. The minimum Gasteiger partial charge on any atom is -0.469 e. The van der Waals surface area contributed by atoms with Crippen molar-refractivity contribution >= 4 is 11.9 Å². The van der Waals surface area contributed by atoms with Crippen LogP contribution in [0.3, 0.4) is 0 Å². The van der Waals surface area contributed by atoms with E-state index in [4.69, 9.17) is 9.15 Å². The molecule has 0 unspecified atom stereocenters. The van der Waals surface area contributed by atoms with Crippen LogP contribution in [0.1, 0.15) is 72.0 Å². The number of unbranched alkanes of at least 4 members (excludes halogenated alkanes) is 2. The number of hydrogen-bond donors (Lipinski definition) is 1. The van der Waals surface area contributed by atoms with Gasteiger partial charge in [0.05, 0.1) is 12.3 Å². The van der Waals surface area contributed by atoms with E-state index in [-0.39, 0.29) is 5.78 Å². The van der Waals surface area contributed by atoms with Gasteiger partial charge in [-0.3, -0.25) is 4.79 Å². The van der Waals surface area contributed by atoms with Crippen molar-refractivity contribution in [1.82, 2.24) is 5.32 Å². The van der Waals surface area contributed by atoms with Crippen LogP contribution in [0, 0.1) is 0 Å². The normalized spacial score (nSPS) is 12.7. The summed E-state index contributed by atoms with van der Waals surface area (Å²) in [7, 11) is 0. The third-order valence-corrected chi connectivity index (χ3v) is 3.60. The molecule has 5 nitrogen and oxygen atoms in total. The Hall–Kier alpha value is -1.78. The van der Waals surface area contributed by atoms with Gasteiger partial charge in [0.25, 0.3) is 0 Å². The van der Waals surface area contributed by atoms with Crippen molar-refractivity contribution in [2.24, 2.45) is 0 Å². The molecule has 136 valence electrons. The average molecular weight is 337 g/mol. The van der Waals surface area contributed by atoms with E-state index in [1.54, 1.807) is 6.26 Å². The Labute approximate surface area is 145 Å². The molecule has 24 heavy (non-hydrogen) atoms. The first-order valence-electron chi connectivity index (χ1n) is 8.86. The van der Waals surface area contributed by atoms with E-state index in [1.165, 1.54) is 0 Å². The Kier molecular flexibility index (Phi) is 8.58. The van der Waals surface area contributed by atoms with Crippen LogP contribution in [-0.4, -0.2) is 23.5 Å². The molecule has 1 rings (SSSR count). The summed E-state index contributed by atoms with van der Waals surface area (Å²) in [6.45, 7) is 7.50. The van der Waals surface area contributed by atoms with Crippen LogP contribution in [-0.2, 0) is 16.0 Å². The molecule has 1 N–H and O–H groups in total. The second-order valence-corrected chi connectivity index (χ2v) is 7.09. The number of carbonyl (C=O) groups excluding carboxylic acids is 2. The lowest BCUT2D eigenvalue weighted by atomic mass is 10.0. The lowest BCUT2D eigenvalue weighted by Crippen LogP contribution is -2.43. The van der Waals surface area contributed by atoms with Gasteiger partial charge in [-0.1, -0.05) is 19.8 Å². The van der Waals surface area contributed by atoms with Gasteiger partial charge in [-0.2, -0.15) is 0 Å². The minimum absolute atomic E-state index is 0.0776. The third-order valence-electron chi connectivity index (χ3n) is 3.60. The predicted octanol–water partition coefficient (Wildman–Crippen LogP) is 4.65. The van der Waals surface area contributed by atoms with Crippen LogP contribution in [0.2, 0.25) is 0 Å². The SMILES string of the molecule is CCCC[C@H](NC(=O)OC(C)(C)C)C(=O)CCCCc1ccco1. The van der Waals surface area contributed by atoms with E-state index in [2.05, 4.69) is 12.2 Å². The molecule has 1 amide bonds. The number of furan rings is 1. The zero-order valence-electron chi connectivity index (χ0n) is 15.4. The van der Waals surface area contributed by atoms with Gasteiger partial charge in [0.1, 0.15) is 11.4 Å². The Morgan fingerprint density at radius 2 is 2.00 bits per heavy atom. The Morgan fingerprint density at radius 1 is 1.25 bits per heavy atom. The van der Waals surface area contributed by atoms with Gasteiger partial charge in [-0.25, -0.2) is 4.79 Å². The Morgan fingerprint density at radius 3 is 2.58 bits per heavy atom. The molecule has 0 aliphatic rings. The zero-order chi connectivity index (χ0) is 18.0. The van der Waals surface area contributed by atoms with Crippen molar-refractivity contribution in [3.8, 4) is 0 Å². The topological polar surface area (TPSA) is 68.5 Å². The van der Waals surface area contributed by atoms with Gasteiger partial charge < -0.3 is 14.5 Å². The number of nitrogens with one attached hydrogen (secondary N) is 1. The number of rotatable bonds is 10. The van der Waals surface area contributed by atoms with Gasteiger partial charge in [-0.05, 0) is 52.2 Å². The fraction of sp³-hybridized carbons (Fsp3) is 0.684. The molecule has 5 heteroatoms. The molecule has 1 atom stereocenters. The van der Waals surface area contributed by atoms with Gasteiger partial charge in [0.2, 0.25) is 0 Å². The predicted molar refractivity (Wildman–Crippen MR) is 94.0 cm³/mol. The highest BCUT2D eigenvalue weighted by molar-refractivity contribution is 5.87. The first kappa shape index (κ1) is 20.3. The third kappa shape index (κ3) is 8.75. The highest BCUT2D eigenvalue weighted by atomic mass is 16.6. The number of ether oxygens (including phenoxy) is 1. The van der Waals surface area contributed by atoms with Crippen molar-refractivity contribution < 1.29 is 18.7 Å². The van der Waals surface area contributed by atoms with E-state index in [9.17, 15) is 9.59 Å². The van der Waals surface area contributed by atoms with Gasteiger partial charge in [0, 0.05) is 12.8 Å². The number of ketones is 1. The second kappa shape index (κ2) is 10.2. The van der Waals surface area contributed by atoms with Crippen LogP contribution in [0.4, 0.5) is 4.79 Å². The number of hydrogen-bond acceptors (Lipinski definition) is 4. The summed E-state index contributed by atoms with van der Waals surface area (Å²) in [5, 5.41) is 2.73. The number of carbonyl (C=O) groups is 2. The maximum atomic E-state index is 12.4. The molecule has 0 bridgehead atoms. The lowest BCUT2D eigenvalue weighted by molar-refractivity contribution is -0.121. The van der Waals surface area contributed by atoms with Crippen molar-refractivity contribution in [1.29, 1.82) is 0 Å². The minimum atomic E-state index is -0.564. The van der Waals surface area contributed by atoms with Crippen LogP contribution in [0.25, 0.3) is 0 Å². The summed E-state index contributed by atoms with van der Waals surface area (Å²) in [4.78, 5) is 24.3. The van der Waals surface area contributed by atoms with Gasteiger partial charge in [0.15, 0.2) is 5.78 Å². The van der Waals surface area contributed by atoms with Crippen LogP contribution >= 0.6 is 0 Å². The second-order valence-electron chi connectivity index (χ2n) is 7.09. The molecule has 0 aliphatic carbocycles. The quantitative estimate of drug-likeness (QED) is 0.631. The highest BCUT2D eigenvalue weighted by Gasteiger charge is 2.23. The van der Waals surface area contributed by atoms with E-state index in [0.717, 1.165) is 37.9 Å². The van der Waals surface area contributed by atoms with Crippen molar-refractivity contribution in [2.45, 2.75) is 84.3 Å². The molecule has 0 aromatic carbocycles. The van der Waals surface area contributed by atoms with Crippen molar-refractivity contribution in [3.63, 3.8) is 0 Å². The molecule has 1 aromatic rings. The standard InChI is InChI=1S/C19H31NO4/c1-5-6-12-16(20-18(22)24-19(2,3)4)17(21)13-8-7-10-15-11-9-14-23-15/h9,11,14,16H,5-8,10,12-13H2,1-4H3,(H,20,22)/t16-/m0/s1. The average Bonchev–Trinajstić information content (AvgIpc) is 2.99. The van der Waals surface area contributed by atoms with Crippen LogP contribution in [0.15, 0.2) is 22.8 Å². The van der Waals surface area contributed by atoms with E-state index < -0.39 is 17.7 Å². The summed E-state index contributed by atoms with van der Waals surface area (Å²) in [6.07, 6.45) is 6.66. The summed E-state index contributed by atoms with van der Waals surface area (Å²) in [5.41, 5.74) is -0.564. The molecule has 1 heterocycles. The zero-order valence-corrected chi connectivity index (χ0v) is 15.4. The molecule has 0 aliphatic heterocycles. The van der Waals surface area contributed by atoms with Crippen LogP contribution < -0.4 is 5.32 Å². The largest absolute Gasteiger partial charge is 0.469 e. The fourth-order valence-corrected chi connectivity index (χ4v) is 2.40. The Balaban J connectivity index is 2.40. The molecule has 0 radical (unpaired) electrons. The summed E-state index contributed by atoms with van der Waals surface area (Å²) < 4.78 is 10.5. The number of aryl methyl sites for hydroxylation is 1. The molecule has 0 saturated carbocycles. The highest BCUT2D eigenvalue weighted by Crippen LogP contribution is 2.12. The maximum Gasteiger partial charge on any atom is 0.408 e.